The number of nitrogens with zero attached hydrogens (tertiary/aromatic N) is 1. The number of ether oxygens (including phenoxy) is 1. The quantitative estimate of drug-likeness (QED) is 0.388. The molecule has 0 radical (unpaired) electrons. The van der Waals surface area contributed by atoms with Crippen LogP contribution in [0.5, 0.6) is 0 Å². The monoisotopic (exact) mass is 234 g/mol. The zero-order valence-electron chi connectivity index (χ0n) is 8.43. The third kappa shape index (κ3) is 10.7. The predicted octanol–water partition coefficient (Wildman–Crippen LogP) is 0.926. The Morgan fingerprint density at radius 1 is 1.60 bits per heavy atom. The number of carbonyl (C=O) groups excluding carboxylic acids is 1. The van der Waals surface area contributed by atoms with Crippen molar-refractivity contribution in [3.8, 4) is 0 Å². The van der Waals surface area contributed by atoms with E-state index in [4.69, 9.17) is 5.11 Å². The van der Waals surface area contributed by atoms with Crippen LogP contribution in [0.2, 0.25) is 0 Å². The van der Waals surface area contributed by atoms with Gasteiger partial charge in [0.05, 0.1) is 13.0 Å². The van der Waals surface area contributed by atoms with Crippen LogP contribution >= 0.6 is 11.8 Å². The van der Waals surface area contributed by atoms with E-state index >= 15 is 0 Å². The molecule has 0 bridgehead atoms. The van der Waals surface area contributed by atoms with Crippen molar-refractivity contribution in [3.63, 3.8) is 0 Å². The molecule has 86 valence electrons. The molecule has 0 fully saturated rings. The summed E-state index contributed by atoms with van der Waals surface area (Å²) >= 11 is 1.42. The average molecular weight is 234 g/mol. The molecular formula is C8H14N2O4S. The molecule has 0 aromatic carbocycles. The fraction of sp³-hybridized carbons (Fsp3) is 0.625. The van der Waals surface area contributed by atoms with Crippen LogP contribution in [-0.4, -0.2) is 41.5 Å². The molecule has 0 saturated heterocycles. The molecule has 0 saturated carbocycles. The van der Waals surface area contributed by atoms with Gasteiger partial charge in [0.25, 0.3) is 0 Å². The van der Waals surface area contributed by atoms with Gasteiger partial charge in [-0.25, -0.2) is 10.2 Å². The fourth-order valence-corrected chi connectivity index (χ4v) is 1.26. The maximum Gasteiger partial charge on any atom is 0.427 e. The van der Waals surface area contributed by atoms with Crippen molar-refractivity contribution in [2.24, 2.45) is 5.10 Å². The van der Waals surface area contributed by atoms with Crippen molar-refractivity contribution < 1.29 is 19.4 Å². The van der Waals surface area contributed by atoms with E-state index in [0.29, 0.717) is 18.1 Å². The molecule has 15 heavy (non-hydrogen) atoms. The third-order valence-corrected chi connectivity index (χ3v) is 2.05. The van der Waals surface area contributed by atoms with E-state index in [1.54, 1.807) is 6.92 Å². The number of amides is 1. The van der Waals surface area contributed by atoms with E-state index in [-0.39, 0.29) is 6.42 Å². The summed E-state index contributed by atoms with van der Waals surface area (Å²) in [5.41, 5.74) is 2.16. The number of hydrogen-bond acceptors (Lipinski definition) is 5. The molecule has 6 nitrogen and oxygen atoms in total. The van der Waals surface area contributed by atoms with Crippen LogP contribution in [0.4, 0.5) is 4.79 Å². The number of thioether (sulfide) groups is 1. The van der Waals surface area contributed by atoms with Gasteiger partial charge in [0.1, 0.15) is 0 Å². The molecule has 0 aromatic rings. The summed E-state index contributed by atoms with van der Waals surface area (Å²) in [4.78, 5) is 20.8. The number of nitrogens with one attached hydrogen (secondary N) is 1. The number of hydrogen-bond donors (Lipinski definition) is 2. The summed E-state index contributed by atoms with van der Waals surface area (Å²) in [6.07, 6.45) is 1.03. The lowest BCUT2D eigenvalue weighted by atomic mass is 10.5. The molecule has 0 atom stereocenters. The molecule has 0 heterocycles. The first-order valence-corrected chi connectivity index (χ1v) is 5.56. The van der Waals surface area contributed by atoms with Gasteiger partial charge >= 0.3 is 12.1 Å². The van der Waals surface area contributed by atoms with Crippen molar-refractivity contribution >= 4 is 30.0 Å². The Balaban J connectivity index is 3.31. The van der Waals surface area contributed by atoms with E-state index in [2.05, 4.69) is 15.3 Å². The third-order valence-electron chi connectivity index (χ3n) is 1.18. The summed E-state index contributed by atoms with van der Waals surface area (Å²) in [5, 5.41) is 11.9. The Labute approximate surface area is 92.1 Å². The van der Waals surface area contributed by atoms with Crippen molar-refractivity contribution in [1.29, 1.82) is 0 Å². The standard InChI is InChI=1S/C8H14N2O4S/c1-2-14-8(13)10-9-4-6-15-5-3-7(11)12/h4H,2-3,5-6H2,1H3,(H,10,13)(H,11,12). The Bertz CT molecular complexity index is 233. The molecule has 0 rings (SSSR count). The minimum atomic E-state index is -0.816. The minimum Gasteiger partial charge on any atom is -0.481 e. The number of aliphatic carboxylic acids is 1. The lowest BCUT2D eigenvalue weighted by Crippen LogP contribution is -2.18. The van der Waals surface area contributed by atoms with Gasteiger partial charge in [-0.15, -0.1) is 0 Å². The summed E-state index contributed by atoms with van der Waals surface area (Å²) in [6.45, 7) is 2.00. The van der Waals surface area contributed by atoms with E-state index in [9.17, 15) is 9.59 Å². The molecule has 7 heteroatoms. The molecular weight excluding hydrogens is 220 g/mol. The van der Waals surface area contributed by atoms with Crippen LogP contribution in [-0.2, 0) is 9.53 Å². The van der Waals surface area contributed by atoms with E-state index in [1.807, 2.05) is 0 Å². The highest BCUT2D eigenvalue weighted by atomic mass is 32.2. The van der Waals surface area contributed by atoms with Gasteiger partial charge < -0.3 is 9.84 Å². The van der Waals surface area contributed by atoms with Gasteiger partial charge in [-0.3, -0.25) is 4.79 Å². The van der Waals surface area contributed by atoms with Crippen molar-refractivity contribution in [3.05, 3.63) is 0 Å². The Morgan fingerprint density at radius 2 is 2.33 bits per heavy atom. The molecule has 0 aliphatic rings. The van der Waals surface area contributed by atoms with Crippen molar-refractivity contribution in [2.75, 3.05) is 18.1 Å². The maximum absolute atomic E-state index is 10.7. The lowest BCUT2D eigenvalue weighted by molar-refractivity contribution is -0.136. The van der Waals surface area contributed by atoms with Crippen LogP contribution in [0, 0.1) is 0 Å². The smallest absolute Gasteiger partial charge is 0.427 e. The Hall–Kier alpha value is -1.24. The molecule has 0 aliphatic carbocycles. The highest BCUT2D eigenvalue weighted by molar-refractivity contribution is 7.99. The van der Waals surface area contributed by atoms with E-state index in [1.165, 1.54) is 18.0 Å². The van der Waals surface area contributed by atoms with E-state index < -0.39 is 12.1 Å². The highest BCUT2D eigenvalue weighted by Gasteiger charge is 1.96. The van der Waals surface area contributed by atoms with Crippen LogP contribution < -0.4 is 5.43 Å². The van der Waals surface area contributed by atoms with Gasteiger partial charge in [0.2, 0.25) is 0 Å². The topological polar surface area (TPSA) is 88.0 Å². The van der Waals surface area contributed by atoms with Gasteiger partial charge in [-0.2, -0.15) is 16.9 Å². The Kier molecular flexibility index (Phi) is 8.55. The van der Waals surface area contributed by atoms with Crippen molar-refractivity contribution in [2.45, 2.75) is 13.3 Å². The first-order chi connectivity index (χ1) is 7.16. The largest absolute Gasteiger partial charge is 0.481 e. The zero-order valence-corrected chi connectivity index (χ0v) is 9.25. The predicted molar refractivity (Wildman–Crippen MR) is 58.2 cm³/mol. The highest BCUT2D eigenvalue weighted by Crippen LogP contribution is 1.99. The average Bonchev–Trinajstić information content (AvgIpc) is 2.16. The Morgan fingerprint density at radius 3 is 2.93 bits per heavy atom. The second-order valence-corrected chi connectivity index (χ2v) is 3.51. The number of rotatable bonds is 7. The summed E-state index contributed by atoms with van der Waals surface area (Å²) in [7, 11) is 0. The number of hydrazone groups is 1. The molecule has 1 amide bonds. The first-order valence-electron chi connectivity index (χ1n) is 4.40. The minimum absolute atomic E-state index is 0.129. The summed E-state index contributed by atoms with van der Waals surface area (Å²) in [6, 6.07) is 0. The second kappa shape index (κ2) is 9.32. The van der Waals surface area contributed by atoms with Gasteiger partial charge in [-0.1, -0.05) is 0 Å². The van der Waals surface area contributed by atoms with Crippen LogP contribution in [0.1, 0.15) is 13.3 Å². The molecule has 0 aliphatic heterocycles. The summed E-state index contributed by atoms with van der Waals surface area (Å²) < 4.78 is 4.55. The number of carboxylic acid groups (broad SMARTS) is 1. The van der Waals surface area contributed by atoms with Crippen LogP contribution in [0.15, 0.2) is 5.10 Å². The zero-order chi connectivity index (χ0) is 11.5. The van der Waals surface area contributed by atoms with E-state index in [0.717, 1.165) is 0 Å². The maximum atomic E-state index is 10.7. The first kappa shape index (κ1) is 13.8. The fourth-order valence-electron chi connectivity index (χ4n) is 0.595. The summed E-state index contributed by atoms with van der Waals surface area (Å²) in [5.74, 6) is 0.268. The van der Waals surface area contributed by atoms with Gasteiger partial charge in [0.15, 0.2) is 0 Å². The van der Waals surface area contributed by atoms with Gasteiger partial charge in [0, 0.05) is 17.7 Å². The molecule has 0 unspecified atom stereocenters. The lowest BCUT2D eigenvalue weighted by Gasteiger charge is -1.98. The van der Waals surface area contributed by atoms with Crippen LogP contribution in [0.25, 0.3) is 0 Å². The number of carboxylic acids is 1. The normalized spacial score (nSPS) is 10.2. The van der Waals surface area contributed by atoms with Crippen molar-refractivity contribution in [1.82, 2.24) is 5.43 Å². The van der Waals surface area contributed by atoms with Crippen LogP contribution in [0.3, 0.4) is 0 Å². The second-order valence-electron chi connectivity index (χ2n) is 2.36. The molecule has 0 aromatic heterocycles. The molecule has 0 spiro atoms. The molecule has 2 N–H and O–H groups in total. The number of carbonyl (C=O) groups is 2. The van der Waals surface area contributed by atoms with Gasteiger partial charge in [-0.05, 0) is 6.92 Å². The SMILES string of the molecule is CCOC(=O)NN=CCSCCC(=O)O.